The van der Waals surface area contributed by atoms with E-state index in [1.54, 1.807) is 12.1 Å². The van der Waals surface area contributed by atoms with Crippen LogP contribution in [0.3, 0.4) is 0 Å². The van der Waals surface area contributed by atoms with Crippen molar-refractivity contribution in [2.75, 3.05) is 5.73 Å². The Balaban J connectivity index is 2.39. The molecule has 112 valence electrons. The number of para-hydroxylation sites is 1. The molecule has 0 saturated carbocycles. The fraction of sp³-hybridized carbons (Fsp3) is 0.286. The Kier molecular flexibility index (Phi) is 4.02. The van der Waals surface area contributed by atoms with Gasteiger partial charge in [-0.3, -0.25) is 0 Å². The lowest BCUT2D eigenvalue weighted by Gasteiger charge is -2.14. The van der Waals surface area contributed by atoms with Gasteiger partial charge in [0.1, 0.15) is 5.75 Å². The molecule has 1 aromatic heterocycles. The summed E-state index contributed by atoms with van der Waals surface area (Å²) in [6.45, 7) is 3.91. The van der Waals surface area contributed by atoms with Crippen molar-refractivity contribution in [1.29, 1.82) is 0 Å². The van der Waals surface area contributed by atoms with Crippen molar-refractivity contribution in [1.82, 2.24) is 9.97 Å². The minimum atomic E-state index is -4.60. The summed E-state index contributed by atoms with van der Waals surface area (Å²) in [6.07, 6.45) is -4.60. The number of anilines is 1. The SMILES string of the molecule is CC(C)c1ccccc1Oc1cc(C(F)(F)F)nc(N)n1. The molecule has 0 radical (unpaired) electrons. The van der Waals surface area contributed by atoms with E-state index in [1.807, 2.05) is 26.0 Å². The van der Waals surface area contributed by atoms with E-state index in [0.717, 1.165) is 11.6 Å². The van der Waals surface area contributed by atoms with Crippen LogP contribution < -0.4 is 10.5 Å². The molecule has 21 heavy (non-hydrogen) atoms. The molecule has 2 N–H and O–H groups in total. The number of benzene rings is 1. The molecular weight excluding hydrogens is 283 g/mol. The largest absolute Gasteiger partial charge is 0.439 e. The fourth-order valence-electron chi connectivity index (χ4n) is 1.80. The molecule has 1 heterocycles. The zero-order chi connectivity index (χ0) is 15.6. The van der Waals surface area contributed by atoms with Gasteiger partial charge in [-0.25, -0.2) is 4.98 Å². The fourth-order valence-corrected chi connectivity index (χ4v) is 1.80. The smallest absolute Gasteiger partial charge is 0.433 e. The lowest BCUT2D eigenvalue weighted by molar-refractivity contribution is -0.141. The van der Waals surface area contributed by atoms with Crippen molar-refractivity contribution >= 4 is 5.95 Å². The van der Waals surface area contributed by atoms with E-state index in [2.05, 4.69) is 9.97 Å². The van der Waals surface area contributed by atoms with Crippen molar-refractivity contribution in [2.24, 2.45) is 0 Å². The second-order valence-electron chi connectivity index (χ2n) is 4.74. The second-order valence-corrected chi connectivity index (χ2v) is 4.74. The first-order valence-electron chi connectivity index (χ1n) is 6.26. The summed E-state index contributed by atoms with van der Waals surface area (Å²) in [4.78, 5) is 6.85. The number of nitrogens with two attached hydrogens (primary N) is 1. The molecule has 0 amide bonds. The highest BCUT2D eigenvalue weighted by Gasteiger charge is 2.34. The van der Waals surface area contributed by atoms with Crippen molar-refractivity contribution in [3.8, 4) is 11.6 Å². The summed E-state index contributed by atoms with van der Waals surface area (Å²) < 4.78 is 43.5. The van der Waals surface area contributed by atoms with Gasteiger partial charge in [-0.15, -0.1) is 0 Å². The third-order valence-corrected chi connectivity index (χ3v) is 2.77. The molecule has 2 rings (SSSR count). The van der Waals surface area contributed by atoms with Gasteiger partial charge in [0.15, 0.2) is 5.69 Å². The van der Waals surface area contributed by atoms with Crippen LogP contribution in [-0.2, 0) is 6.18 Å². The van der Waals surface area contributed by atoms with Gasteiger partial charge in [-0.1, -0.05) is 32.0 Å². The lowest BCUT2D eigenvalue weighted by atomic mass is 10.0. The molecule has 0 spiro atoms. The van der Waals surface area contributed by atoms with Gasteiger partial charge in [0.05, 0.1) is 0 Å². The Morgan fingerprint density at radius 3 is 2.43 bits per heavy atom. The number of halogens is 3. The van der Waals surface area contributed by atoms with Gasteiger partial charge in [0.25, 0.3) is 0 Å². The summed E-state index contributed by atoms with van der Waals surface area (Å²) in [5, 5.41) is 0. The Morgan fingerprint density at radius 2 is 1.81 bits per heavy atom. The standard InChI is InChI=1S/C14H14F3N3O/c1-8(2)9-5-3-4-6-10(9)21-12-7-11(14(15,16)17)19-13(18)20-12/h3-8H,1-2H3,(H2,18,19,20). The van der Waals surface area contributed by atoms with Crippen LogP contribution in [-0.4, -0.2) is 9.97 Å². The summed E-state index contributed by atoms with van der Waals surface area (Å²) >= 11 is 0. The molecule has 2 aromatic rings. The van der Waals surface area contributed by atoms with Gasteiger partial charge in [0, 0.05) is 6.07 Å². The zero-order valence-electron chi connectivity index (χ0n) is 11.5. The van der Waals surface area contributed by atoms with Crippen molar-refractivity contribution < 1.29 is 17.9 Å². The average molecular weight is 297 g/mol. The summed E-state index contributed by atoms with van der Waals surface area (Å²) in [5.41, 5.74) is 5.04. The number of nitrogen functional groups attached to an aromatic ring is 1. The van der Waals surface area contributed by atoms with E-state index < -0.39 is 17.8 Å². The van der Waals surface area contributed by atoms with Crippen LogP contribution in [0.25, 0.3) is 0 Å². The molecule has 1 aromatic carbocycles. The third-order valence-electron chi connectivity index (χ3n) is 2.77. The molecule has 0 aliphatic carbocycles. The molecule has 0 fully saturated rings. The molecule has 4 nitrogen and oxygen atoms in total. The Morgan fingerprint density at radius 1 is 1.14 bits per heavy atom. The topological polar surface area (TPSA) is 61.0 Å². The minimum absolute atomic E-state index is 0.155. The first-order valence-corrected chi connectivity index (χ1v) is 6.26. The molecule has 0 bridgehead atoms. The van der Waals surface area contributed by atoms with Gasteiger partial charge in [0.2, 0.25) is 11.8 Å². The Bertz CT molecular complexity index is 642. The molecular formula is C14H14F3N3O. The number of alkyl halides is 3. The predicted octanol–water partition coefficient (Wildman–Crippen LogP) is 3.99. The van der Waals surface area contributed by atoms with E-state index in [9.17, 15) is 13.2 Å². The average Bonchev–Trinajstić information content (AvgIpc) is 2.37. The molecule has 0 unspecified atom stereocenters. The second kappa shape index (κ2) is 5.59. The molecule has 0 saturated heterocycles. The molecule has 0 atom stereocenters. The van der Waals surface area contributed by atoms with E-state index in [-0.39, 0.29) is 11.8 Å². The van der Waals surface area contributed by atoms with Gasteiger partial charge >= 0.3 is 6.18 Å². The summed E-state index contributed by atoms with van der Waals surface area (Å²) in [5.74, 6) is -0.119. The maximum atomic E-state index is 12.7. The highest BCUT2D eigenvalue weighted by molar-refractivity contribution is 5.39. The van der Waals surface area contributed by atoms with Crippen molar-refractivity contribution in [3.63, 3.8) is 0 Å². The number of aromatic nitrogens is 2. The molecule has 7 heteroatoms. The Labute approximate surface area is 119 Å². The number of rotatable bonds is 3. The minimum Gasteiger partial charge on any atom is -0.439 e. The first-order chi connectivity index (χ1) is 9.77. The van der Waals surface area contributed by atoms with Crippen LogP contribution in [0.4, 0.5) is 19.1 Å². The molecule has 0 aliphatic heterocycles. The van der Waals surface area contributed by atoms with Gasteiger partial charge < -0.3 is 10.5 Å². The maximum absolute atomic E-state index is 12.7. The quantitative estimate of drug-likeness (QED) is 0.930. The first kappa shape index (κ1) is 15.1. The van der Waals surface area contributed by atoms with Crippen LogP contribution in [0.5, 0.6) is 11.6 Å². The van der Waals surface area contributed by atoms with Gasteiger partial charge in [-0.05, 0) is 17.5 Å². The number of ether oxygens (including phenoxy) is 1. The number of hydrogen-bond donors (Lipinski definition) is 1. The Hall–Kier alpha value is -2.31. The van der Waals surface area contributed by atoms with Crippen LogP contribution in [0, 0.1) is 0 Å². The highest BCUT2D eigenvalue weighted by Crippen LogP contribution is 2.33. The third kappa shape index (κ3) is 3.62. The van der Waals surface area contributed by atoms with Gasteiger partial charge in [-0.2, -0.15) is 18.2 Å². The summed E-state index contributed by atoms with van der Waals surface area (Å²) in [6, 6.07) is 7.80. The van der Waals surface area contributed by atoms with E-state index >= 15 is 0 Å². The van der Waals surface area contributed by atoms with E-state index in [0.29, 0.717) is 5.75 Å². The predicted molar refractivity (Wildman–Crippen MR) is 72.1 cm³/mol. The number of nitrogens with zero attached hydrogens (tertiary/aromatic N) is 2. The van der Waals surface area contributed by atoms with Crippen molar-refractivity contribution in [2.45, 2.75) is 25.9 Å². The normalized spacial score (nSPS) is 11.7. The highest BCUT2D eigenvalue weighted by atomic mass is 19.4. The zero-order valence-corrected chi connectivity index (χ0v) is 11.5. The van der Waals surface area contributed by atoms with Crippen molar-refractivity contribution in [3.05, 3.63) is 41.6 Å². The number of hydrogen-bond acceptors (Lipinski definition) is 4. The lowest BCUT2D eigenvalue weighted by Crippen LogP contribution is -2.11. The monoisotopic (exact) mass is 297 g/mol. The van der Waals surface area contributed by atoms with E-state index in [1.165, 1.54) is 0 Å². The van der Waals surface area contributed by atoms with Crippen LogP contribution in [0.2, 0.25) is 0 Å². The maximum Gasteiger partial charge on any atom is 0.433 e. The van der Waals surface area contributed by atoms with E-state index in [4.69, 9.17) is 10.5 Å². The van der Waals surface area contributed by atoms with Crippen LogP contribution in [0.1, 0.15) is 31.0 Å². The van der Waals surface area contributed by atoms with Crippen LogP contribution in [0.15, 0.2) is 30.3 Å². The summed E-state index contributed by atoms with van der Waals surface area (Å²) in [7, 11) is 0. The molecule has 0 aliphatic rings. The van der Waals surface area contributed by atoms with Crippen LogP contribution >= 0.6 is 0 Å².